The predicted molar refractivity (Wildman–Crippen MR) is 87.5 cm³/mol. The van der Waals surface area contributed by atoms with Crippen LogP contribution in [0.5, 0.6) is 0 Å². The molecule has 0 amide bonds. The van der Waals surface area contributed by atoms with Gasteiger partial charge in [-0.2, -0.15) is 0 Å². The zero-order valence-corrected chi connectivity index (χ0v) is 13.9. The van der Waals surface area contributed by atoms with Gasteiger partial charge in [0.2, 0.25) is 0 Å². The van der Waals surface area contributed by atoms with Crippen LogP contribution in [-0.4, -0.2) is 55.1 Å². The van der Waals surface area contributed by atoms with E-state index in [1.807, 2.05) is 0 Å². The minimum absolute atomic E-state index is 0.00369. The van der Waals surface area contributed by atoms with E-state index in [9.17, 15) is 0 Å². The summed E-state index contributed by atoms with van der Waals surface area (Å²) >= 11 is 5.11. The standard InChI is InChI=1S/C15H31N3S/c1-15(2,14(16)19)8-5-9-18(4)12-13-6-10-17(3)11-7-13/h13H,5-12H2,1-4H3,(H2,16,19). The minimum atomic E-state index is 0.00369. The molecule has 3 nitrogen and oxygen atoms in total. The number of rotatable bonds is 7. The number of nitrogens with zero attached hydrogens (tertiary/aromatic N) is 2. The fourth-order valence-electron chi connectivity index (χ4n) is 2.69. The first-order valence-corrected chi connectivity index (χ1v) is 7.89. The first kappa shape index (κ1) is 16.9. The van der Waals surface area contributed by atoms with Gasteiger partial charge in [0, 0.05) is 12.0 Å². The molecular formula is C15H31N3S. The maximum Gasteiger partial charge on any atom is 0.0784 e. The van der Waals surface area contributed by atoms with E-state index in [0.29, 0.717) is 4.99 Å². The van der Waals surface area contributed by atoms with Crippen molar-refractivity contribution in [3.8, 4) is 0 Å². The van der Waals surface area contributed by atoms with Crippen molar-refractivity contribution in [3.05, 3.63) is 0 Å². The number of hydrogen-bond donors (Lipinski definition) is 1. The molecule has 0 aromatic carbocycles. The zero-order valence-electron chi connectivity index (χ0n) is 13.1. The summed E-state index contributed by atoms with van der Waals surface area (Å²) in [5.41, 5.74) is 5.77. The topological polar surface area (TPSA) is 32.5 Å². The van der Waals surface area contributed by atoms with E-state index in [2.05, 4.69) is 37.7 Å². The van der Waals surface area contributed by atoms with Crippen LogP contribution in [0, 0.1) is 11.3 Å². The van der Waals surface area contributed by atoms with Crippen LogP contribution in [0.15, 0.2) is 0 Å². The fraction of sp³-hybridized carbons (Fsp3) is 0.933. The van der Waals surface area contributed by atoms with Gasteiger partial charge in [-0.15, -0.1) is 0 Å². The third-order valence-corrected chi connectivity index (χ3v) is 4.97. The second-order valence-electron chi connectivity index (χ2n) is 6.86. The molecule has 1 aliphatic heterocycles. The lowest BCUT2D eigenvalue weighted by atomic mass is 9.88. The maximum absolute atomic E-state index is 5.76. The number of hydrogen-bond acceptors (Lipinski definition) is 3. The van der Waals surface area contributed by atoms with Gasteiger partial charge in [-0.1, -0.05) is 26.1 Å². The summed E-state index contributed by atoms with van der Waals surface area (Å²) in [6, 6.07) is 0. The highest BCUT2D eigenvalue weighted by Crippen LogP contribution is 2.23. The van der Waals surface area contributed by atoms with E-state index in [-0.39, 0.29) is 5.41 Å². The fourth-order valence-corrected chi connectivity index (χ4v) is 2.79. The van der Waals surface area contributed by atoms with Crippen molar-refractivity contribution in [2.75, 3.05) is 40.3 Å². The third-order valence-electron chi connectivity index (χ3n) is 4.42. The lowest BCUT2D eigenvalue weighted by Crippen LogP contribution is -2.36. The van der Waals surface area contributed by atoms with Crippen molar-refractivity contribution in [3.63, 3.8) is 0 Å². The molecule has 0 aromatic heterocycles. The molecule has 4 heteroatoms. The Balaban J connectivity index is 2.18. The molecule has 1 fully saturated rings. The first-order chi connectivity index (χ1) is 8.81. The van der Waals surface area contributed by atoms with Gasteiger partial charge >= 0.3 is 0 Å². The van der Waals surface area contributed by atoms with Gasteiger partial charge in [0.15, 0.2) is 0 Å². The molecule has 1 saturated heterocycles. The van der Waals surface area contributed by atoms with Crippen LogP contribution in [0.2, 0.25) is 0 Å². The molecule has 0 radical (unpaired) electrons. The van der Waals surface area contributed by atoms with E-state index in [1.165, 1.54) is 38.9 Å². The molecule has 0 bridgehead atoms. The Labute approximate surface area is 124 Å². The Kier molecular flexibility index (Phi) is 6.71. The van der Waals surface area contributed by atoms with Crippen LogP contribution in [0.3, 0.4) is 0 Å². The summed E-state index contributed by atoms with van der Waals surface area (Å²) in [5, 5.41) is 0. The highest BCUT2D eigenvalue weighted by molar-refractivity contribution is 7.80. The van der Waals surface area contributed by atoms with Gasteiger partial charge in [0.25, 0.3) is 0 Å². The molecule has 0 spiro atoms. The van der Waals surface area contributed by atoms with Crippen molar-refractivity contribution in [1.82, 2.24) is 9.80 Å². The van der Waals surface area contributed by atoms with Crippen LogP contribution in [0.1, 0.15) is 39.5 Å². The second kappa shape index (κ2) is 7.55. The Morgan fingerprint density at radius 3 is 2.47 bits per heavy atom. The van der Waals surface area contributed by atoms with Gasteiger partial charge in [0.1, 0.15) is 0 Å². The van der Waals surface area contributed by atoms with Crippen molar-refractivity contribution in [1.29, 1.82) is 0 Å². The lowest BCUT2D eigenvalue weighted by molar-refractivity contribution is 0.173. The van der Waals surface area contributed by atoms with Gasteiger partial charge in [-0.3, -0.25) is 0 Å². The van der Waals surface area contributed by atoms with Crippen LogP contribution in [0.25, 0.3) is 0 Å². The smallest absolute Gasteiger partial charge is 0.0784 e. The summed E-state index contributed by atoms with van der Waals surface area (Å²) in [7, 11) is 4.46. The first-order valence-electron chi connectivity index (χ1n) is 7.48. The number of thiocarbonyl (C=S) groups is 1. The molecule has 2 N–H and O–H groups in total. The van der Waals surface area contributed by atoms with Crippen LogP contribution >= 0.6 is 12.2 Å². The lowest BCUT2D eigenvalue weighted by Gasteiger charge is -2.32. The maximum atomic E-state index is 5.76. The summed E-state index contributed by atoms with van der Waals surface area (Å²) in [6.07, 6.45) is 4.95. The average Bonchev–Trinajstić information content (AvgIpc) is 2.31. The van der Waals surface area contributed by atoms with E-state index in [1.54, 1.807) is 0 Å². The third kappa shape index (κ3) is 6.19. The zero-order chi connectivity index (χ0) is 14.5. The normalized spacial score (nSPS) is 19.0. The monoisotopic (exact) mass is 285 g/mol. The molecular weight excluding hydrogens is 254 g/mol. The number of nitrogens with two attached hydrogens (primary N) is 1. The van der Waals surface area contributed by atoms with Crippen molar-refractivity contribution < 1.29 is 0 Å². The molecule has 1 rings (SSSR count). The SMILES string of the molecule is CN1CCC(CN(C)CCCC(C)(C)C(N)=S)CC1. The molecule has 19 heavy (non-hydrogen) atoms. The molecule has 0 aliphatic carbocycles. The molecule has 1 heterocycles. The second-order valence-corrected chi connectivity index (χ2v) is 7.30. The number of piperidine rings is 1. The summed E-state index contributed by atoms with van der Waals surface area (Å²) in [4.78, 5) is 5.55. The van der Waals surface area contributed by atoms with E-state index >= 15 is 0 Å². The van der Waals surface area contributed by atoms with E-state index in [4.69, 9.17) is 18.0 Å². The average molecular weight is 286 g/mol. The number of likely N-dealkylation sites (tertiary alicyclic amines) is 1. The Morgan fingerprint density at radius 2 is 1.95 bits per heavy atom. The van der Waals surface area contributed by atoms with Gasteiger partial charge < -0.3 is 15.5 Å². The summed E-state index contributed by atoms with van der Waals surface area (Å²) in [6.45, 7) is 9.19. The van der Waals surface area contributed by atoms with Crippen LogP contribution in [0.4, 0.5) is 0 Å². The van der Waals surface area contributed by atoms with Crippen molar-refractivity contribution >= 4 is 17.2 Å². The Morgan fingerprint density at radius 1 is 1.37 bits per heavy atom. The minimum Gasteiger partial charge on any atom is -0.393 e. The highest BCUT2D eigenvalue weighted by Gasteiger charge is 2.21. The Hall–Kier alpha value is -0.190. The van der Waals surface area contributed by atoms with E-state index in [0.717, 1.165) is 18.9 Å². The van der Waals surface area contributed by atoms with Crippen molar-refractivity contribution in [2.45, 2.75) is 39.5 Å². The van der Waals surface area contributed by atoms with E-state index < -0.39 is 0 Å². The highest BCUT2D eigenvalue weighted by atomic mass is 32.1. The van der Waals surface area contributed by atoms with Crippen molar-refractivity contribution in [2.24, 2.45) is 17.1 Å². The summed E-state index contributed by atoms with van der Waals surface area (Å²) in [5.74, 6) is 0.879. The molecule has 0 saturated carbocycles. The molecule has 1 aliphatic rings. The Bertz CT molecular complexity index is 283. The van der Waals surface area contributed by atoms with Gasteiger partial charge in [-0.05, 0) is 65.3 Å². The molecule has 0 atom stereocenters. The van der Waals surface area contributed by atoms with Gasteiger partial charge in [0.05, 0.1) is 4.99 Å². The van der Waals surface area contributed by atoms with Crippen LogP contribution in [-0.2, 0) is 0 Å². The predicted octanol–water partition coefficient (Wildman–Crippen LogP) is 2.35. The van der Waals surface area contributed by atoms with Gasteiger partial charge in [-0.25, -0.2) is 0 Å². The quantitative estimate of drug-likeness (QED) is 0.728. The molecule has 0 unspecified atom stereocenters. The largest absolute Gasteiger partial charge is 0.393 e. The summed E-state index contributed by atoms with van der Waals surface area (Å²) < 4.78 is 0. The molecule has 0 aromatic rings. The molecule has 112 valence electrons. The van der Waals surface area contributed by atoms with Crippen LogP contribution < -0.4 is 5.73 Å².